The molecule has 2 heterocycles. The topological polar surface area (TPSA) is 80.0 Å². The molecular weight excluding hydrogens is 328 g/mol. The van der Waals surface area contributed by atoms with Crippen LogP contribution in [0.3, 0.4) is 0 Å². The molecule has 122 valence electrons. The zero-order valence-corrected chi connectivity index (χ0v) is 13.5. The summed E-state index contributed by atoms with van der Waals surface area (Å²) in [5.41, 5.74) is 1.20. The fourth-order valence-electron chi connectivity index (χ4n) is 2.06. The molecule has 0 saturated carbocycles. The molecule has 0 saturated heterocycles. The molecule has 0 spiro atoms. The van der Waals surface area contributed by atoms with Crippen LogP contribution < -0.4 is 10.6 Å². The van der Waals surface area contributed by atoms with Crippen molar-refractivity contribution in [3.05, 3.63) is 77.0 Å². The lowest BCUT2D eigenvalue weighted by Crippen LogP contribution is -2.24. The minimum absolute atomic E-state index is 0.276. The number of anilines is 1. The maximum atomic E-state index is 12.1. The highest BCUT2D eigenvalue weighted by Crippen LogP contribution is 2.15. The molecule has 0 unspecified atom stereocenters. The molecule has 2 N–H and O–H groups in total. The number of rotatable bonds is 6. The van der Waals surface area contributed by atoms with E-state index in [0.717, 1.165) is 5.56 Å². The van der Waals surface area contributed by atoms with Crippen molar-refractivity contribution < 1.29 is 9.21 Å². The van der Waals surface area contributed by atoms with E-state index in [1.165, 1.54) is 6.20 Å². The molecule has 0 atom stereocenters. The number of benzene rings is 1. The largest absolute Gasteiger partial charge is 0.467 e. The number of furan rings is 1. The molecule has 0 fully saturated rings. The Morgan fingerprint density at radius 3 is 2.79 bits per heavy atom. The first-order valence-corrected chi connectivity index (χ1v) is 7.71. The first-order valence-electron chi connectivity index (χ1n) is 7.33. The predicted molar refractivity (Wildman–Crippen MR) is 90.7 cm³/mol. The average molecular weight is 343 g/mol. The third kappa shape index (κ3) is 4.11. The van der Waals surface area contributed by atoms with Crippen molar-refractivity contribution in [2.75, 3.05) is 5.32 Å². The van der Waals surface area contributed by atoms with Crippen LogP contribution in [0.5, 0.6) is 0 Å². The second kappa shape index (κ2) is 7.61. The number of carbonyl (C=O) groups is 1. The molecule has 3 aromatic rings. The van der Waals surface area contributed by atoms with Crippen LogP contribution in [0.2, 0.25) is 5.02 Å². The van der Waals surface area contributed by atoms with E-state index in [4.69, 9.17) is 16.0 Å². The molecule has 0 aliphatic rings. The Balaban J connectivity index is 1.61. The highest BCUT2D eigenvalue weighted by molar-refractivity contribution is 6.31. The summed E-state index contributed by atoms with van der Waals surface area (Å²) in [6.45, 7) is 0.773. The van der Waals surface area contributed by atoms with Crippen LogP contribution in [0, 0.1) is 0 Å². The third-order valence-corrected chi connectivity index (χ3v) is 3.66. The van der Waals surface area contributed by atoms with Gasteiger partial charge >= 0.3 is 0 Å². The Morgan fingerprint density at radius 2 is 2.00 bits per heavy atom. The van der Waals surface area contributed by atoms with Crippen LogP contribution in [0.15, 0.2) is 59.3 Å². The van der Waals surface area contributed by atoms with Gasteiger partial charge in [-0.15, -0.1) is 0 Å². The van der Waals surface area contributed by atoms with Gasteiger partial charge in [-0.25, -0.2) is 9.97 Å². The van der Waals surface area contributed by atoms with Crippen molar-refractivity contribution in [1.82, 2.24) is 15.3 Å². The number of halogens is 1. The van der Waals surface area contributed by atoms with E-state index in [9.17, 15) is 4.79 Å². The summed E-state index contributed by atoms with van der Waals surface area (Å²) < 4.78 is 5.17. The highest BCUT2D eigenvalue weighted by Gasteiger charge is 2.09. The second-order valence-corrected chi connectivity index (χ2v) is 5.38. The fraction of sp³-hybridized carbons (Fsp3) is 0.118. The lowest BCUT2D eigenvalue weighted by molar-refractivity contribution is 0.0943. The van der Waals surface area contributed by atoms with E-state index in [1.807, 2.05) is 24.3 Å². The van der Waals surface area contributed by atoms with Crippen LogP contribution >= 0.6 is 11.6 Å². The van der Waals surface area contributed by atoms with Crippen LogP contribution in [-0.2, 0) is 13.1 Å². The van der Waals surface area contributed by atoms with E-state index < -0.39 is 0 Å². The summed E-state index contributed by atoms with van der Waals surface area (Å²) in [6, 6.07) is 12.6. The summed E-state index contributed by atoms with van der Waals surface area (Å²) in [5.74, 6) is 0.740. The van der Waals surface area contributed by atoms with E-state index in [0.29, 0.717) is 29.8 Å². The Labute approximate surface area is 143 Å². The zero-order valence-electron chi connectivity index (χ0n) is 12.7. The minimum Gasteiger partial charge on any atom is -0.467 e. The van der Waals surface area contributed by atoms with Crippen molar-refractivity contribution in [2.24, 2.45) is 0 Å². The Bertz CT molecular complexity index is 821. The molecule has 1 amide bonds. The van der Waals surface area contributed by atoms with Crippen molar-refractivity contribution in [1.29, 1.82) is 0 Å². The van der Waals surface area contributed by atoms with Crippen molar-refractivity contribution >= 4 is 23.5 Å². The molecule has 2 aromatic heterocycles. The number of carbonyl (C=O) groups excluding carboxylic acids is 1. The molecule has 0 aliphatic heterocycles. The Hall–Kier alpha value is -2.86. The lowest BCUT2D eigenvalue weighted by Gasteiger charge is -2.08. The molecule has 6 nitrogen and oxygen atoms in total. The molecule has 24 heavy (non-hydrogen) atoms. The molecular formula is C17H15ClN4O2. The minimum atomic E-state index is -0.297. The van der Waals surface area contributed by atoms with Gasteiger partial charge in [0.25, 0.3) is 5.91 Å². The van der Waals surface area contributed by atoms with Gasteiger partial charge in [-0.2, -0.15) is 0 Å². The van der Waals surface area contributed by atoms with E-state index >= 15 is 0 Å². The smallest absolute Gasteiger partial charge is 0.270 e. The number of aromatic nitrogens is 2. The Kier molecular flexibility index (Phi) is 5.08. The maximum Gasteiger partial charge on any atom is 0.270 e. The normalized spacial score (nSPS) is 10.4. The SMILES string of the molecule is O=C(NCc1ccco1)c1ccnc(NCc2ccccc2Cl)n1. The van der Waals surface area contributed by atoms with E-state index in [-0.39, 0.29) is 11.6 Å². The molecule has 0 bridgehead atoms. The molecule has 7 heteroatoms. The number of nitrogens with one attached hydrogen (secondary N) is 2. The predicted octanol–water partition coefficient (Wildman–Crippen LogP) is 3.27. The van der Waals surface area contributed by atoms with Crippen molar-refractivity contribution in [3.8, 4) is 0 Å². The summed E-state index contributed by atoms with van der Waals surface area (Å²) in [6.07, 6.45) is 3.09. The molecule has 0 radical (unpaired) electrons. The van der Waals surface area contributed by atoms with Gasteiger partial charge in [-0.3, -0.25) is 4.79 Å². The standard InChI is InChI=1S/C17H15ClN4O2/c18-14-6-2-1-4-12(14)10-21-17-19-8-7-15(22-17)16(23)20-11-13-5-3-9-24-13/h1-9H,10-11H2,(H,20,23)(H,19,21,22). The Morgan fingerprint density at radius 1 is 1.12 bits per heavy atom. The van der Waals surface area contributed by atoms with Crippen molar-refractivity contribution in [2.45, 2.75) is 13.1 Å². The van der Waals surface area contributed by atoms with Crippen molar-refractivity contribution in [3.63, 3.8) is 0 Å². The first kappa shape index (κ1) is 16.0. The van der Waals surface area contributed by atoms with Gasteiger partial charge in [0, 0.05) is 17.8 Å². The van der Waals surface area contributed by atoms with Gasteiger partial charge in [0.05, 0.1) is 12.8 Å². The summed E-state index contributed by atoms with van der Waals surface area (Å²) in [7, 11) is 0. The number of hydrogen-bond donors (Lipinski definition) is 2. The second-order valence-electron chi connectivity index (χ2n) is 4.97. The number of nitrogens with zero attached hydrogens (tertiary/aromatic N) is 2. The monoisotopic (exact) mass is 342 g/mol. The van der Waals surface area contributed by atoms with Gasteiger partial charge in [-0.1, -0.05) is 29.8 Å². The maximum absolute atomic E-state index is 12.1. The zero-order chi connectivity index (χ0) is 16.8. The summed E-state index contributed by atoms with van der Waals surface area (Å²) >= 11 is 6.11. The first-order chi connectivity index (χ1) is 11.7. The molecule has 3 rings (SSSR count). The van der Waals surface area contributed by atoms with Crippen LogP contribution in [0.25, 0.3) is 0 Å². The lowest BCUT2D eigenvalue weighted by atomic mass is 10.2. The number of hydrogen-bond acceptors (Lipinski definition) is 5. The number of amides is 1. The van der Waals surface area contributed by atoms with Gasteiger partial charge in [0.15, 0.2) is 0 Å². The summed E-state index contributed by atoms with van der Waals surface area (Å²) in [5, 5.41) is 6.47. The van der Waals surface area contributed by atoms with Gasteiger partial charge in [0.2, 0.25) is 5.95 Å². The van der Waals surface area contributed by atoms with E-state index in [2.05, 4.69) is 20.6 Å². The van der Waals surface area contributed by atoms with Crippen LogP contribution in [0.1, 0.15) is 21.8 Å². The van der Waals surface area contributed by atoms with Gasteiger partial charge in [-0.05, 0) is 29.8 Å². The highest BCUT2D eigenvalue weighted by atomic mass is 35.5. The third-order valence-electron chi connectivity index (χ3n) is 3.29. The van der Waals surface area contributed by atoms with Crippen LogP contribution in [-0.4, -0.2) is 15.9 Å². The molecule has 0 aliphatic carbocycles. The van der Waals surface area contributed by atoms with Gasteiger partial charge in [0.1, 0.15) is 11.5 Å². The van der Waals surface area contributed by atoms with Crippen LogP contribution in [0.4, 0.5) is 5.95 Å². The molecule has 1 aromatic carbocycles. The quantitative estimate of drug-likeness (QED) is 0.718. The fourth-order valence-corrected chi connectivity index (χ4v) is 2.26. The van der Waals surface area contributed by atoms with E-state index in [1.54, 1.807) is 24.5 Å². The summed E-state index contributed by atoms with van der Waals surface area (Å²) in [4.78, 5) is 20.5. The average Bonchev–Trinajstić information content (AvgIpc) is 3.13. The van der Waals surface area contributed by atoms with Gasteiger partial charge < -0.3 is 15.1 Å².